The number of benzene rings is 9. The molecule has 73 heavy (non-hydrogen) atoms. The maximum absolute atomic E-state index is 8.21. The van der Waals surface area contributed by atoms with Gasteiger partial charge in [-0.15, -0.1) is 0 Å². The summed E-state index contributed by atoms with van der Waals surface area (Å²) in [6.45, 7) is 3.95. The van der Waals surface area contributed by atoms with Gasteiger partial charge in [0.1, 0.15) is 17.3 Å². The van der Waals surface area contributed by atoms with Gasteiger partial charge in [0, 0.05) is 45.5 Å². The molecule has 9 aromatic carbocycles. The number of hydrogen-bond acceptors (Lipinski definition) is 4. The van der Waals surface area contributed by atoms with E-state index in [-0.39, 0.29) is 12.4 Å². The van der Waals surface area contributed by atoms with Crippen molar-refractivity contribution in [1.82, 2.24) is 14.1 Å². The highest BCUT2D eigenvalue weighted by Crippen LogP contribution is 2.50. The predicted octanol–water partition coefficient (Wildman–Crippen LogP) is 14.9. The van der Waals surface area contributed by atoms with Crippen LogP contribution >= 0.6 is 0 Å². The lowest BCUT2D eigenvalue weighted by Gasteiger charge is -2.32. The molecule has 1 aliphatic rings. The zero-order chi connectivity index (χ0) is 51.7. The van der Waals surface area contributed by atoms with E-state index in [9.17, 15) is 0 Å². The third-order valence-electron chi connectivity index (χ3n) is 14.2. The minimum Gasteiger partial charge on any atom is -0.458 e. The van der Waals surface area contributed by atoms with Crippen LogP contribution < -0.4 is 24.4 Å². The maximum Gasteiger partial charge on any atom is 0.420 e. The normalized spacial score (nSPS) is 13.4. The molecule has 0 amide bonds. The number of nitrogens with zero attached hydrogens (tertiary/aromatic N) is 6. The summed E-state index contributed by atoms with van der Waals surface area (Å²) in [6.07, 6.45) is 5.00. The first kappa shape index (κ1) is 40.6. The van der Waals surface area contributed by atoms with Gasteiger partial charge in [-0.1, -0.05) is 178 Å². The van der Waals surface area contributed by atoms with E-state index >= 15 is 0 Å². The summed E-state index contributed by atoms with van der Waals surface area (Å²) in [6, 6.07) is 80.2. The summed E-state index contributed by atoms with van der Waals surface area (Å²) in [4.78, 5) is 10.1. The molecule has 13 rings (SSSR count). The number of rotatable bonds is 9. The summed E-state index contributed by atoms with van der Waals surface area (Å²) in [5, 5.41) is 2.12. The molecule has 0 unspecified atom stereocenters. The number of para-hydroxylation sites is 6. The number of aryl methyl sites for hydroxylation is 1. The fraction of sp³-hybridized carbons (Fsp3) is 0.0769. The van der Waals surface area contributed by atoms with E-state index in [2.05, 4.69) is 217 Å². The average Bonchev–Trinajstić information content (AvgIpc) is 4.27. The summed E-state index contributed by atoms with van der Waals surface area (Å²) in [7, 11) is 0. The second kappa shape index (κ2) is 17.6. The number of ether oxygens (including phenoxy) is 1. The van der Waals surface area contributed by atoms with Gasteiger partial charge in [0.25, 0.3) is 0 Å². The lowest BCUT2D eigenvalue weighted by molar-refractivity contribution is -0.649. The number of fused-ring (bicyclic) bond motifs is 5. The summed E-state index contributed by atoms with van der Waals surface area (Å²) in [5.41, 5.74) is 15.1. The third kappa shape index (κ3) is 7.62. The van der Waals surface area contributed by atoms with Gasteiger partial charge in [-0.25, -0.2) is 4.98 Å². The van der Waals surface area contributed by atoms with Crippen LogP contribution in [0.2, 0.25) is 0 Å². The van der Waals surface area contributed by atoms with Gasteiger partial charge in [0.2, 0.25) is 6.33 Å². The van der Waals surface area contributed by atoms with Gasteiger partial charge in [0.15, 0.2) is 0 Å². The van der Waals surface area contributed by atoms with E-state index in [0.717, 1.165) is 89.3 Å². The van der Waals surface area contributed by atoms with Crippen LogP contribution in [0, 0.1) is 6.33 Å². The lowest BCUT2D eigenvalue weighted by atomic mass is 9.63. The van der Waals surface area contributed by atoms with Crippen LogP contribution in [0.1, 0.15) is 30.4 Å². The predicted molar refractivity (Wildman–Crippen MR) is 301 cm³/mol. The Kier molecular flexibility index (Phi) is 9.79. The van der Waals surface area contributed by atoms with E-state index in [4.69, 9.17) is 13.8 Å². The Morgan fingerprint density at radius 2 is 1.14 bits per heavy atom. The molecule has 350 valence electrons. The second-order valence-electron chi connectivity index (χ2n) is 19.7. The zero-order valence-electron chi connectivity index (χ0n) is 43.7. The van der Waals surface area contributed by atoms with Crippen molar-refractivity contribution in [2.45, 2.75) is 26.2 Å². The first-order chi connectivity index (χ1) is 37.0. The van der Waals surface area contributed by atoms with Crippen molar-refractivity contribution in [3.8, 4) is 45.3 Å². The minimum absolute atomic E-state index is 0.120. The molecule has 0 atom stereocenters. The van der Waals surface area contributed by atoms with Crippen molar-refractivity contribution >= 4 is 68.0 Å². The monoisotopic (exact) mass is 945 g/mol. The van der Waals surface area contributed by atoms with E-state index in [1.165, 1.54) is 10.1 Å². The third-order valence-corrected chi connectivity index (χ3v) is 14.2. The van der Waals surface area contributed by atoms with Gasteiger partial charge >= 0.3 is 6.98 Å². The molecule has 4 heterocycles. The summed E-state index contributed by atoms with van der Waals surface area (Å²) in [5.74, 6) is 2.04. The molecule has 0 saturated carbocycles. The fourth-order valence-corrected chi connectivity index (χ4v) is 10.7. The van der Waals surface area contributed by atoms with Gasteiger partial charge < -0.3 is 23.5 Å². The minimum atomic E-state index is -2.41. The van der Waals surface area contributed by atoms with Gasteiger partial charge in [0.05, 0.1) is 50.2 Å². The van der Waals surface area contributed by atoms with Crippen LogP contribution in [0.25, 0.3) is 66.6 Å². The SMILES string of the molecule is [2H]C([2H])([2H])[n+]1[c-]n(-c2cccc(Oc3ccc4c5cc(B6N(c7ccccc7-c7ccccc7)c7ccccc7N6c6ccccc6-c6ccccc6)ccc5n(-c5cc(C(C)(C)C)ccn5)c4c3)c2)c2ccccc21. The highest BCUT2D eigenvalue weighted by atomic mass is 16.5. The van der Waals surface area contributed by atoms with Crippen LogP contribution in [0.3, 0.4) is 0 Å². The molecule has 8 heteroatoms. The Hall–Kier alpha value is -9.14. The van der Waals surface area contributed by atoms with Crippen LogP contribution in [0.5, 0.6) is 11.5 Å². The first-order valence-corrected chi connectivity index (χ1v) is 24.7. The topological polar surface area (TPSA) is 42.3 Å². The Bertz CT molecular complexity index is 4060. The zero-order valence-corrected chi connectivity index (χ0v) is 40.7. The number of hydrogen-bond donors (Lipinski definition) is 0. The van der Waals surface area contributed by atoms with Crippen molar-refractivity contribution in [3.63, 3.8) is 0 Å². The molecule has 0 radical (unpaired) electrons. The Morgan fingerprint density at radius 1 is 0.521 bits per heavy atom. The number of imidazole rings is 1. The van der Waals surface area contributed by atoms with Crippen molar-refractivity contribution in [2.75, 3.05) is 9.62 Å². The molecule has 0 bridgehead atoms. The molecule has 0 spiro atoms. The van der Waals surface area contributed by atoms with Crippen LogP contribution in [0.4, 0.5) is 22.7 Å². The number of pyridine rings is 1. The molecule has 7 nitrogen and oxygen atoms in total. The molecule has 0 fully saturated rings. The standard InChI is InChI=1S/C65H51BN6O/c1-65(2,3)47-38-39-67-64(40-47)70-56-37-34-48(41-55(56)54-36-35-51(43-63(54)70)73-50-25-19-24-49(42-50)69-44-68(4)59-30-15-16-31-60(59)69)66-71(57-28-13-11-26-52(57)45-20-7-5-8-21-45)61-32-17-18-33-62(61)72(66)58-29-14-12-27-53(58)46-22-9-6-10-23-46/h5-43H,1-4H3/i4D3. The largest absolute Gasteiger partial charge is 0.458 e. The fourth-order valence-electron chi connectivity index (χ4n) is 10.7. The molecular formula is C65H51BN6O. The molecular weight excluding hydrogens is 892 g/mol. The highest BCUT2D eigenvalue weighted by molar-refractivity contribution is 6.84. The first-order valence-electron chi connectivity index (χ1n) is 26.2. The average molecular weight is 946 g/mol. The van der Waals surface area contributed by atoms with E-state index < -0.39 is 6.98 Å². The van der Waals surface area contributed by atoms with Gasteiger partial charge in [-0.05, 0) is 94.3 Å². The Morgan fingerprint density at radius 3 is 1.81 bits per heavy atom. The maximum atomic E-state index is 8.21. The van der Waals surface area contributed by atoms with Crippen molar-refractivity contribution in [2.24, 2.45) is 6.98 Å². The van der Waals surface area contributed by atoms with Crippen LogP contribution in [0.15, 0.2) is 237 Å². The summed E-state index contributed by atoms with van der Waals surface area (Å²) >= 11 is 0. The molecule has 0 N–H and O–H groups in total. The van der Waals surface area contributed by atoms with E-state index in [1.54, 1.807) is 10.6 Å². The van der Waals surface area contributed by atoms with Gasteiger partial charge in [-0.2, -0.15) is 0 Å². The van der Waals surface area contributed by atoms with Crippen LogP contribution in [-0.4, -0.2) is 21.1 Å². The second-order valence-corrected chi connectivity index (χ2v) is 19.7. The highest BCUT2D eigenvalue weighted by Gasteiger charge is 2.45. The summed E-state index contributed by atoms with van der Waals surface area (Å²) < 4.78 is 36.6. The Balaban J connectivity index is 1.00. The quantitative estimate of drug-likeness (QED) is 0.0821. The van der Waals surface area contributed by atoms with E-state index in [0.29, 0.717) is 17.0 Å². The van der Waals surface area contributed by atoms with Gasteiger partial charge in [-0.3, -0.25) is 4.57 Å². The molecule has 0 aliphatic carbocycles. The molecule has 12 aromatic rings. The van der Waals surface area contributed by atoms with Crippen LogP contribution in [-0.2, 0) is 12.4 Å². The van der Waals surface area contributed by atoms with Crippen molar-refractivity contribution < 1.29 is 13.4 Å². The van der Waals surface area contributed by atoms with E-state index in [1.807, 2.05) is 54.7 Å². The van der Waals surface area contributed by atoms with Crippen molar-refractivity contribution in [1.29, 1.82) is 0 Å². The van der Waals surface area contributed by atoms with Crippen molar-refractivity contribution in [3.05, 3.63) is 249 Å². The molecule has 0 saturated heterocycles. The smallest absolute Gasteiger partial charge is 0.420 e. The molecule has 1 aliphatic heterocycles. The number of aromatic nitrogens is 4. The lowest BCUT2D eigenvalue weighted by Crippen LogP contribution is -2.53. The Labute approximate surface area is 430 Å². The number of anilines is 4. The molecule has 3 aromatic heterocycles.